The summed E-state index contributed by atoms with van der Waals surface area (Å²) in [5.41, 5.74) is 0.272. The van der Waals surface area contributed by atoms with Crippen molar-refractivity contribution < 1.29 is 18.6 Å². The molecular formula is C12H16F2O2. The number of benzene rings is 1. The quantitative estimate of drug-likeness (QED) is 0.761. The Kier molecular flexibility index (Phi) is 5.35. The molecule has 0 saturated carbocycles. The van der Waals surface area contributed by atoms with Gasteiger partial charge in [-0.1, -0.05) is 0 Å². The van der Waals surface area contributed by atoms with Gasteiger partial charge in [0, 0.05) is 19.3 Å². The fourth-order valence-corrected chi connectivity index (χ4v) is 1.46. The summed E-state index contributed by atoms with van der Waals surface area (Å²) >= 11 is 0. The lowest BCUT2D eigenvalue weighted by molar-refractivity contribution is 0.114. The van der Waals surface area contributed by atoms with Crippen LogP contribution in [0.5, 0.6) is 0 Å². The highest BCUT2D eigenvalue weighted by molar-refractivity contribution is 5.20. The molecule has 1 N–H and O–H groups in total. The van der Waals surface area contributed by atoms with Crippen LogP contribution in [0.3, 0.4) is 0 Å². The van der Waals surface area contributed by atoms with Gasteiger partial charge >= 0.3 is 0 Å². The number of aliphatic hydroxyl groups excluding tert-OH is 1. The minimum Gasteiger partial charge on any atom is -0.388 e. The van der Waals surface area contributed by atoms with Crippen molar-refractivity contribution in [1.82, 2.24) is 0 Å². The fraction of sp³-hybridized carbons (Fsp3) is 0.500. The summed E-state index contributed by atoms with van der Waals surface area (Å²) in [4.78, 5) is 0. The summed E-state index contributed by atoms with van der Waals surface area (Å²) in [7, 11) is 0. The Labute approximate surface area is 93.9 Å². The molecule has 0 radical (unpaired) electrons. The van der Waals surface area contributed by atoms with Crippen LogP contribution in [0.2, 0.25) is 0 Å². The number of aliphatic hydroxyl groups is 1. The summed E-state index contributed by atoms with van der Waals surface area (Å²) in [6.07, 6.45) is 0.251. The molecule has 90 valence electrons. The Morgan fingerprint density at radius 1 is 1.25 bits per heavy atom. The first-order valence-corrected chi connectivity index (χ1v) is 5.35. The minimum atomic E-state index is -0.842. The molecule has 0 aliphatic carbocycles. The van der Waals surface area contributed by atoms with Gasteiger partial charge in [0.05, 0.1) is 6.10 Å². The van der Waals surface area contributed by atoms with Crippen LogP contribution in [0.15, 0.2) is 18.2 Å². The third-order valence-electron chi connectivity index (χ3n) is 2.24. The molecule has 0 spiro atoms. The summed E-state index contributed by atoms with van der Waals surface area (Å²) in [5, 5.41) is 9.68. The second kappa shape index (κ2) is 6.55. The molecule has 16 heavy (non-hydrogen) atoms. The Morgan fingerprint density at radius 3 is 2.44 bits per heavy atom. The summed E-state index contributed by atoms with van der Waals surface area (Å²) < 4.78 is 30.8. The number of hydrogen-bond donors (Lipinski definition) is 1. The van der Waals surface area contributed by atoms with Crippen LogP contribution < -0.4 is 0 Å². The lowest BCUT2D eigenvalue weighted by Gasteiger charge is -2.11. The molecule has 0 amide bonds. The van der Waals surface area contributed by atoms with Crippen LogP contribution in [0.25, 0.3) is 0 Å². The molecule has 1 aromatic rings. The molecule has 0 aliphatic rings. The van der Waals surface area contributed by atoms with Crippen LogP contribution in [-0.2, 0) is 4.74 Å². The molecule has 4 heteroatoms. The first kappa shape index (κ1) is 13.1. The van der Waals surface area contributed by atoms with Gasteiger partial charge in [0.2, 0.25) is 0 Å². The summed E-state index contributed by atoms with van der Waals surface area (Å²) in [6.45, 7) is 3.06. The van der Waals surface area contributed by atoms with Crippen molar-refractivity contribution in [1.29, 1.82) is 0 Å². The van der Waals surface area contributed by atoms with Crippen LogP contribution in [0, 0.1) is 11.6 Å². The van der Waals surface area contributed by atoms with E-state index < -0.39 is 17.7 Å². The number of hydrogen-bond acceptors (Lipinski definition) is 2. The standard InChI is InChI=1S/C12H16F2O2/c1-2-16-5-3-4-12(15)9-6-10(13)8-11(14)7-9/h6-8,12,15H,2-5H2,1H3. The smallest absolute Gasteiger partial charge is 0.126 e. The monoisotopic (exact) mass is 230 g/mol. The van der Waals surface area contributed by atoms with E-state index in [1.807, 2.05) is 6.92 Å². The highest BCUT2D eigenvalue weighted by atomic mass is 19.1. The Morgan fingerprint density at radius 2 is 1.88 bits per heavy atom. The second-order valence-electron chi connectivity index (χ2n) is 3.56. The molecular weight excluding hydrogens is 214 g/mol. The van der Waals surface area contributed by atoms with Gasteiger partial charge in [-0.3, -0.25) is 0 Å². The van der Waals surface area contributed by atoms with Crippen molar-refractivity contribution in [3.05, 3.63) is 35.4 Å². The van der Waals surface area contributed by atoms with Crippen LogP contribution in [0.4, 0.5) is 8.78 Å². The first-order chi connectivity index (χ1) is 7.63. The highest BCUT2D eigenvalue weighted by Gasteiger charge is 2.10. The van der Waals surface area contributed by atoms with Crippen molar-refractivity contribution >= 4 is 0 Å². The second-order valence-corrected chi connectivity index (χ2v) is 3.56. The predicted octanol–water partition coefficient (Wildman–Crippen LogP) is 2.81. The van der Waals surface area contributed by atoms with Crippen molar-refractivity contribution in [2.75, 3.05) is 13.2 Å². The lowest BCUT2D eigenvalue weighted by atomic mass is 10.0. The Hall–Kier alpha value is -1.00. The maximum atomic E-state index is 12.9. The molecule has 1 aromatic carbocycles. The van der Waals surface area contributed by atoms with Crippen LogP contribution in [0.1, 0.15) is 31.4 Å². The molecule has 0 bridgehead atoms. The van der Waals surface area contributed by atoms with Crippen LogP contribution >= 0.6 is 0 Å². The van der Waals surface area contributed by atoms with Gasteiger partial charge in [0.1, 0.15) is 11.6 Å². The Balaban J connectivity index is 2.48. The minimum absolute atomic E-state index is 0.272. The van der Waals surface area contributed by atoms with Crippen molar-refractivity contribution in [3.8, 4) is 0 Å². The molecule has 0 fully saturated rings. The Bertz CT molecular complexity index is 309. The zero-order chi connectivity index (χ0) is 12.0. The average Bonchev–Trinajstić information content (AvgIpc) is 2.22. The van der Waals surface area contributed by atoms with Gasteiger partial charge in [0.25, 0.3) is 0 Å². The van der Waals surface area contributed by atoms with E-state index in [9.17, 15) is 13.9 Å². The average molecular weight is 230 g/mol. The largest absolute Gasteiger partial charge is 0.388 e. The fourth-order valence-electron chi connectivity index (χ4n) is 1.46. The summed E-state index contributed by atoms with van der Waals surface area (Å²) in [6, 6.07) is 3.08. The highest BCUT2D eigenvalue weighted by Crippen LogP contribution is 2.20. The van der Waals surface area contributed by atoms with E-state index in [2.05, 4.69) is 0 Å². The van der Waals surface area contributed by atoms with Gasteiger partial charge in [-0.05, 0) is 37.5 Å². The number of ether oxygens (including phenoxy) is 1. The van der Waals surface area contributed by atoms with Crippen molar-refractivity contribution in [3.63, 3.8) is 0 Å². The summed E-state index contributed by atoms with van der Waals surface area (Å²) in [5.74, 6) is -1.34. The molecule has 1 atom stereocenters. The van der Waals surface area contributed by atoms with E-state index >= 15 is 0 Å². The van der Waals surface area contributed by atoms with E-state index in [1.165, 1.54) is 0 Å². The maximum absolute atomic E-state index is 12.9. The van der Waals surface area contributed by atoms with Crippen molar-refractivity contribution in [2.45, 2.75) is 25.9 Å². The molecule has 0 aliphatic heterocycles. The molecule has 0 heterocycles. The molecule has 0 aromatic heterocycles. The lowest BCUT2D eigenvalue weighted by Crippen LogP contribution is -2.02. The van der Waals surface area contributed by atoms with Gasteiger partial charge < -0.3 is 9.84 Å². The van der Waals surface area contributed by atoms with Crippen LogP contribution in [-0.4, -0.2) is 18.3 Å². The number of halogens is 2. The van der Waals surface area contributed by atoms with Gasteiger partial charge in [-0.15, -0.1) is 0 Å². The van der Waals surface area contributed by atoms with E-state index in [0.717, 1.165) is 18.2 Å². The molecule has 2 nitrogen and oxygen atoms in total. The zero-order valence-electron chi connectivity index (χ0n) is 9.25. The van der Waals surface area contributed by atoms with Gasteiger partial charge in [-0.25, -0.2) is 8.78 Å². The van der Waals surface area contributed by atoms with Crippen molar-refractivity contribution in [2.24, 2.45) is 0 Å². The maximum Gasteiger partial charge on any atom is 0.126 e. The first-order valence-electron chi connectivity index (χ1n) is 5.35. The SMILES string of the molecule is CCOCCCC(O)c1cc(F)cc(F)c1. The zero-order valence-corrected chi connectivity index (χ0v) is 9.25. The van der Waals surface area contributed by atoms with Gasteiger partial charge in [0.15, 0.2) is 0 Å². The van der Waals surface area contributed by atoms with E-state index in [4.69, 9.17) is 4.74 Å². The van der Waals surface area contributed by atoms with E-state index in [0.29, 0.717) is 26.1 Å². The van der Waals surface area contributed by atoms with E-state index in [-0.39, 0.29) is 5.56 Å². The van der Waals surface area contributed by atoms with E-state index in [1.54, 1.807) is 0 Å². The normalized spacial score (nSPS) is 12.8. The number of rotatable bonds is 6. The molecule has 1 rings (SSSR count). The third kappa shape index (κ3) is 4.24. The topological polar surface area (TPSA) is 29.5 Å². The molecule has 1 unspecified atom stereocenters. The third-order valence-corrected chi connectivity index (χ3v) is 2.24. The predicted molar refractivity (Wildman–Crippen MR) is 57.0 cm³/mol. The molecule has 0 saturated heterocycles. The van der Waals surface area contributed by atoms with Gasteiger partial charge in [-0.2, -0.15) is 0 Å².